The first-order valence-electron chi connectivity index (χ1n) is 9.91. The van der Waals surface area contributed by atoms with Crippen LogP contribution in [0.25, 0.3) is 16.9 Å². The van der Waals surface area contributed by atoms with Gasteiger partial charge in [0.2, 0.25) is 0 Å². The molecule has 31 heavy (non-hydrogen) atoms. The lowest BCUT2D eigenvalue weighted by molar-refractivity contribution is -0.118. The molecule has 0 unspecified atom stereocenters. The van der Waals surface area contributed by atoms with Crippen LogP contribution in [0.2, 0.25) is 0 Å². The zero-order valence-electron chi connectivity index (χ0n) is 17.4. The highest BCUT2D eigenvalue weighted by Crippen LogP contribution is 2.25. The number of carbonyl (C=O) groups excluding carboxylic acids is 1. The van der Waals surface area contributed by atoms with Gasteiger partial charge in [-0.05, 0) is 49.4 Å². The Morgan fingerprint density at radius 2 is 1.68 bits per heavy atom. The van der Waals surface area contributed by atoms with Crippen molar-refractivity contribution >= 4 is 11.7 Å². The average Bonchev–Trinajstić information content (AvgIpc) is 3.22. The number of anilines is 1. The number of nitrogens with zero attached hydrogens (tertiary/aromatic N) is 2. The molecule has 0 fully saturated rings. The minimum atomic E-state index is -0.274. The Kier molecular flexibility index (Phi) is 5.98. The summed E-state index contributed by atoms with van der Waals surface area (Å²) in [5, 5.41) is 7.65. The van der Waals surface area contributed by atoms with Gasteiger partial charge < -0.3 is 14.8 Å². The first-order chi connectivity index (χ1) is 15.1. The summed E-state index contributed by atoms with van der Waals surface area (Å²) in [7, 11) is 1.60. The van der Waals surface area contributed by atoms with Crippen molar-refractivity contribution in [1.29, 1.82) is 0 Å². The molecule has 1 aromatic heterocycles. The zero-order valence-corrected chi connectivity index (χ0v) is 17.4. The van der Waals surface area contributed by atoms with E-state index in [0.29, 0.717) is 11.6 Å². The Labute approximate surface area is 181 Å². The average molecular weight is 413 g/mol. The minimum Gasteiger partial charge on any atom is -0.497 e. The number of rotatable bonds is 7. The van der Waals surface area contributed by atoms with Crippen molar-refractivity contribution in [2.45, 2.75) is 6.92 Å². The molecule has 6 nitrogen and oxygen atoms in total. The number of hydrogen-bond donors (Lipinski definition) is 1. The molecule has 156 valence electrons. The molecular formula is C25H23N3O3. The van der Waals surface area contributed by atoms with Gasteiger partial charge in [0.05, 0.1) is 18.5 Å². The van der Waals surface area contributed by atoms with Crippen LogP contribution < -0.4 is 14.8 Å². The quantitative estimate of drug-likeness (QED) is 0.469. The second-order valence-electron chi connectivity index (χ2n) is 7.04. The summed E-state index contributed by atoms with van der Waals surface area (Å²) in [6.45, 7) is 1.92. The molecule has 1 heterocycles. The minimum absolute atomic E-state index is 0.119. The van der Waals surface area contributed by atoms with Gasteiger partial charge >= 0.3 is 0 Å². The molecule has 0 bridgehead atoms. The molecule has 1 N–H and O–H groups in total. The molecule has 0 spiro atoms. The molecule has 3 aromatic carbocycles. The highest BCUT2D eigenvalue weighted by atomic mass is 16.5. The van der Waals surface area contributed by atoms with Crippen LogP contribution in [0.15, 0.2) is 84.9 Å². The van der Waals surface area contributed by atoms with Gasteiger partial charge in [-0.2, -0.15) is 5.10 Å². The molecular weight excluding hydrogens is 390 g/mol. The lowest BCUT2D eigenvalue weighted by atomic mass is 10.1. The summed E-state index contributed by atoms with van der Waals surface area (Å²) < 4.78 is 12.5. The molecule has 0 aliphatic rings. The number of amides is 1. The van der Waals surface area contributed by atoms with Crippen molar-refractivity contribution in [2.75, 3.05) is 19.0 Å². The predicted molar refractivity (Wildman–Crippen MR) is 121 cm³/mol. The Morgan fingerprint density at radius 3 is 2.39 bits per heavy atom. The van der Waals surface area contributed by atoms with Crippen LogP contribution in [0.4, 0.5) is 5.82 Å². The van der Waals surface area contributed by atoms with Gasteiger partial charge in [0.15, 0.2) is 6.61 Å². The van der Waals surface area contributed by atoms with Gasteiger partial charge in [-0.3, -0.25) is 4.79 Å². The highest BCUT2D eigenvalue weighted by Gasteiger charge is 2.14. The topological polar surface area (TPSA) is 65.4 Å². The Morgan fingerprint density at radius 1 is 0.935 bits per heavy atom. The standard InChI is InChI=1S/C25H23N3O3/c1-18-7-6-8-19(15-18)23-16-24(28(27-23)20-9-4-3-5-10-20)26-25(29)17-31-22-13-11-21(30-2)12-14-22/h3-16H,17H2,1-2H3,(H,26,29). The summed E-state index contributed by atoms with van der Waals surface area (Å²) >= 11 is 0. The van der Waals surface area contributed by atoms with Crippen LogP contribution in [0.5, 0.6) is 11.5 Å². The van der Waals surface area contributed by atoms with Gasteiger partial charge in [-0.25, -0.2) is 4.68 Å². The van der Waals surface area contributed by atoms with Crippen LogP contribution in [0, 0.1) is 6.92 Å². The smallest absolute Gasteiger partial charge is 0.263 e. The monoisotopic (exact) mass is 413 g/mol. The van der Waals surface area contributed by atoms with E-state index in [-0.39, 0.29) is 12.5 Å². The number of carbonyl (C=O) groups is 1. The Hall–Kier alpha value is -4.06. The second kappa shape index (κ2) is 9.17. The van der Waals surface area contributed by atoms with Crippen molar-refractivity contribution in [1.82, 2.24) is 9.78 Å². The molecule has 0 saturated carbocycles. The van der Waals surface area contributed by atoms with E-state index in [2.05, 4.69) is 11.4 Å². The van der Waals surface area contributed by atoms with E-state index >= 15 is 0 Å². The highest BCUT2D eigenvalue weighted by molar-refractivity contribution is 5.92. The van der Waals surface area contributed by atoms with Crippen molar-refractivity contribution in [3.8, 4) is 28.4 Å². The van der Waals surface area contributed by atoms with E-state index in [1.54, 1.807) is 36.1 Å². The lowest BCUT2D eigenvalue weighted by Gasteiger charge is -2.10. The summed E-state index contributed by atoms with van der Waals surface area (Å²) in [6.07, 6.45) is 0. The zero-order chi connectivity index (χ0) is 21.6. The van der Waals surface area contributed by atoms with Gasteiger partial charge in [-0.1, -0.05) is 42.0 Å². The number of benzene rings is 3. The van der Waals surface area contributed by atoms with Gasteiger partial charge in [0.25, 0.3) is 5.91 Å². The Bertz CT molecular complexity index is 1170. The molecule has 4 aromatic rings. The van der Waals surface area contributed by atoms with E-state index in [0.717, 1.165) is 28.3 Å². The van der Waals surface area contributed by atoms with Crippen molar-refractivity contribution < 1.29 is 14.3 Å². The van der Waals surface area contributed by atoms with Gasteiger partial charge in [0, 0.05) is 11.6 Å². The maximum Gasteiger partial charge on any atom is 0.263 e. The van der Waals surface area contributed by atoms with E-state index in [4.69, 9.17) is 14.6 Å². The van der Waals surface area contributed by atoms with Crippen LogP contribution in [0.1, 0.15) is 5.56 Å². The number of methoxy groups -OCH3 is 1. The largest absolute Gasteiger partial charge is 0.497 e. The van der Waals surface area contributed by atoms with Crippen LogP contribution in [0.3, 0.4) is 0 Å². The van der Waals surface area contributed by atoms with Gasteiger partial charge in [-0.15, -0.1) is 0 Å². The molecule has 6 heteroatoms. The van der Waals surface area contributed by atoms with Crippen molar-refractivity contribution in [2.24, 2.45) is 0 Å². The third-order valence-electron chi connectivity index (χ3n) is 4.72. The SMILES string of the molecule is COc1ccc(OCC(=O)Nc2cc(-c3cccc(C)c3)nn2-c2ccccc2)cc1. The summed E-state index contributed by atoms with van der Waals surface area (Å²) in [4.78, 5) is 12.6. The fourth-order valence-electron chi connectivity index (χ4n) is 3.18. The van der Waals surface area contributed by atoms with Crippen molar-refractivity contribution in [3.05, 3.63) is 90.5 Å². The third kappa shape index (κ3) is 4.93. The van der Waals surface area contributed by atoms with E-state index < -0.39 is 0 Å². The molecule has 1 amide bonds. The molecule has 0 radical (unpaired) electrons. The number of ether oxygens (including phenoxy) is 2. The van der Waals surface area contributed by atoms with E-state index in [9.17, 15) is 4.79 Å². The number of nitrogens with one attached hydrogen (secondary N) is 1. The molecule has 4 rings (SSSR count). The third-order valence-corrected chi connectivity index (χ3v) is 4.72. The van der Waals surface area contributed by atoms with Gasteiger partial charge in [0.1, 0.15) is 17.3 Å². The number of aromatic nitrogens is 2. The first kappa shape index (κ1) is 20.2. The Balaban J connectivity index is 1.55. The molecule has 0 atom stereocenters. The van der Waals surface area contributed by atoms with E-state index in [1.165, 1.54) is 0 Å². The normalized spacial score (nSPS) is 10.5. The predicted octanol–water partition coefficient (Wildman–Crippen LogP) is 4.87. The summed E-state index contributed by atoms with van der Waals surface area (Å²) in [6, 6.07) is 26.7. The van der Waals surface area contributed by atoms with Crippen LogP contribution in [-0.4, -0.2) is 29.4 Å². The number of hydrogen-bond acceptors (Lipinski definition) is 4. The fourth-order valence-corrected chi connectivity index (χ4v) is 3.18. The van der Waals surface area contributed by atoms with Crippen molar-refractivity contribution in [3.63, 3.8) is 0 Å². The molecule has 0 saturated heterocycles. The summed E-state index contributed by atoms with van der Waals surface area (Å²) in [5.41, 5.74) is 3.76. The lowest BCUT2D eigenvalue weighted by Crippen LogP contribution is -2.21. The number of para-hydroxylation sites is 1. The number of aryl methyl sites for hydroxylation is 1. The van der Waals surface area contributed by atoms with Crippen LogP contribution >= 0.6 is 0 Å². The summed E-state index contributed by atoms with van der Waals surface area (Å²) in [5.74, 6) is 1.62. The maximum absolute atomic E-state index is 12.6. The fraction of sp³-hybridized carbons (Fsp3) is 0.120. The van der Waals surface area contributed by atoms with Crippen LogP contribution in [-0.2, 0) is 4.79 Å². The van der Waals surface area contributed by atoms with E-state index in [1.807, 2.05) is 61.5 Å². The second-order valence-corrected chi connectivity index (χ2v) is 7.04. The molecule has 0 aliphatic carbocycles. The molecule has 0 aliphatic heterocycles. The first-order valence-corrected chi connectivity index (χ1v) is 9.91. The maximum atomic E-state index is 12.6.